The third kappa shape index (κ3) is 2.98. The summed E-state index contributed by atoms with van der Waals surface area (Å²) in [4.78, 5) is 2.22. The van der Waals surface area contributed by atoms with Crippen LogP contribution in [-0.2, 0) is 0 Å². The van der Waals surface area contributed by atoms with Crippen LogP contribution in [-0.4, -0.2) is 10.7 Å². The molecule has 0 aromatic heterocycles. The van der Waals surface area contributed by atoms with E-state index >= 15 is 0 Å². The predicted octanol–water partition coefficient (Wildman–Crippen LogP) is 5.83. The second-order valence-electron chi connectivity index (χ2n) is 8.67. The van der Waals surface area contributed by atoms with Crippen molar-refractivity contribution in [2.45, 2.75) is 71.3 Å². The van der Waals surface area contributed by atoms with Gasteiger partial charge < -0.3 is 5.11 Å². The molecule has 0 bridgehead atoms. The van der Waals surface area contributed by atoms with Gasteiger partial charge in [-0.25, -0.2) is 0 Å². The van der Waals surface area contributed by atoms with Gasteiger partial charge in [-0.3, -0.25) is 0 Å². The van der Waals surface area contributed by atoms with E-state index in [0.29, 0.717) is 11.3 Å². The van der Waals surface area contributed by atoms with Gasteiger partial charge >= 0.3 is 0 Å². The van der Waals surface area contributed by atoms with E-state index in [1.54, 1.807) is 5.57 Å². The summed E-state index contributed by atoms with van der Waals surface area (Å²) in [6.45, 7) is 6.96. The SMILES string of the molecule is C[C@H](C[C@H]1C=C[C@](C)(O)C1)[C@H]1CCC2/C(=C/Br)CCC[C@@]21C. The normalized spacial score (nSPS) is 47.9. The average Bonchev–Trinajstić information content (AvgIpc) is 2.97. The van der Waals surface area contributed by atoms with Crippen molar-refractivity contribution in [3.05, 3.63) is 22.7 Å². The first-order valence-corrected chi connectivity index (χ1v) is 9.98. The highest BCUT2D eigenvalue weighted by molar-refractivity contribution is 9.11. The molecule has 0 heterocycles. The Hall–Kier alpha value is -0.0800. The molecule has 0 aromatic carbocycles. The minimum atomic E-state index is -0.566. The van der Waals surface area contributed by atoms with E-state index in [1.165, 1.54) is 38.5 Å². The second-order valence-corrected chi connectivity index (χ2v) is 9.13. The van der Waals surface area contributed by atoms with Crippen LogP contribution in [0.5, 0.6) is 0 Å². The van der Waals surface area contributed by atoms with Gasteiger partial charge in [0.15, 0.2) is 0 Å². The Morgan fingerprint density at radius 3 is 2.82 bits per heavy atom. The molecule has 2 heteroatoms. The summed E-state index contributed by atoms with van der Waals surface area (Å²) in [5, 5.41) is 10.1. The summed E-state index contributed by atoms with van der Waals surface area (Å²) in [6.07, 6.45) is 13.2. The number of hydrogen-bond donors (Lipinski definition) is 1. The maximum atomic E-state index is 10.1. The first kappa shape index (κ1) is 16.8. The summed E-state index contributed by atoms with van der Waals surface area (Å²) < 4.78 is 0. The van der Waals surface area contributed by atoms with Crippen molar-refractivity contribution in [2.75, 3.05) is 0 Å². The van der Waals surface area contributed by atoms with Gasteiger partial charge in [0.1, 0.15) is 0 Å². The van der Waals surface area contributed by atoms with E-state index in [4.69, 9.17) is 0 Å². The summed E-state index contributed by atoms with van der Waals surface area (Å²) in [5.74, 6) is 2.98. The first-order valence-electron chi connectivity index (χ1n) is 9.06. The Morgan fingerprint density at radius 2 is 2.18 bits per heavy atom. The molecular weight excluding hydrogens is 336 g/mol. The molecule has 1 unspecified atom stereocenters. The molecule has 0 saturated heterocycles. The van der Waals surface area contributed by atoms with E-state index < -0.39 is 5.60 Å². The lowest BCUT2D eigenvalue weighted by atomic mass is 9.61. The Morgan fingerprint density at radius 1 is 1.41 bits per heavy atom. The van der Waals surface area contributed by atoms with Crippen molar-refractivity contribution in [2.24, 2.45) is 29.1 Å². The van der Waals surface area contributed by atoms with Gasteiger partial charge in [0, 0.05) is 0 Å². The van der Waals surface area contributed by atoms with Crippen LogP contribution in [0.4, 0.5) is 0 Å². The number of halogens is 1. The van der Waals surface area contributed by atoms with E-state index in [-0.39, 0.29) is 0 Å². The molecule has 3 aliphatic rings. The number of rotatable bonds is 3. The van der Waals surface area contributed by atoms with Crippen LogP contribution >= 0.6 is 15.9 Å². The van der Waals surface area contributed by atoms with Crippen LogP contribution in [0.25, 0.3) is 0 Å². The quantitative estimate of drug-likeness (QED) is 0.622. The van der Waals surface area contributed by atoms with Gasteiger partial charge in [0.25, 0.3) is 0 Å². The molecule has 6 atom stereocenters. The Kier molecular flexibility index (Phi) is 4.64. The minimum absolute atomic E-state index is 0.502. The molecular formula is C20H31BrO. The molecule has 2 fully saturated rings. The molecule has 0 amide bonds. The zero-order chi connectivity index (χ0) is 16.0. The van der Waals surface area contributed by atoms with Crippen LogP contribution in [0.2, 0.25) is 0 Å². The standard InChI is InChI=1S/C20H31BrO/c1-14(11-15-8-10-19(2,22)12-15)17-6-7-18-16(13-21)5-4-9-20(17,18)3/h8,10,13-15,17-18,22H,4-7,9,11-12H2,1-3H3/b16-13+/t14-,15-,17-,18?,19+,20-/m1/s1. The van der Waals surface area contributed by atoms with E-state index in [2.05, 4.69) is 40.8 Å². The molecule has 1 nitrogen and oxygen atoms in total. The summed E-state index contributed by atoms with van der Waals surface area (Å²) in [7, 11) is 0. The fourth-order valence-electron chi connectivity index (χ4n) is 5.96. The minimum Gasteiger partial charge on any atom is -0.386 e. The molecule has 0 aliphatic heterocycles. The van der Waals surface area contributed by atoms with Crippen molar-refractivity contribution in [3.63, 3.8) is 0 Å². The number of aliphatic hydroxyl groups is 1. The largest absolute Gasteiger partial charge is 0.386 e. The predicted molar refractivity (Wildman–Crippen MR) is 96.8 cm³/mol. The van der Waals surface area contributed by atoms with Crippen LogP contribution < -0.4 is 0 Å². The van der Waals surface area contributed by atoms with Gasteiger partial charge in [-0.1, -0.05) is 47.5 Å². The van der Waals surface area contributed by atoms with Gasteiger partial charge in [-0.05, 0) is 85.9 Å². The Balaban J connectivity index is 1.69. The monoisotopic (exact) mass is 366 g/mol. The molecule has 22 heavy (non-hydrogen) atoms. The lowest BCUT2D eigenvalue weighted by Crippen LogP contribution is -2.36. The molecule has 3 aliphatic carbocycles. The van der Waals surface area contributed by atoms with Crippen molar-refractivity contribution in [1.82, 2.24) is 0 Å². The topological polar surface area (TPSA) is 20.2 Å². The fourth-order valence-corrected chi connectivity index (χ4v) is 6.51. The number of allylic oxidation sites excluding steroid dienone is 2. The smallest absolute Gasteiger partial charge is 0.0805 e. The van der Waals surface area contributed by atoms with Crippen molar-refractivity contribution in [3.8, 4) is 0 Å². The van der Waals surface area contributed by atoms with Gasteiger partial charge in [0.2, 0.25) is 0 Å². The van der Waals surface area contributed by atoms with Crippen LogP contribution in [0, 0.1) is 29.1 Å². The lowest BCUT2D eigenvalue weighted by molar-refractivity contribution is 0.0756. The highest BCUT2D eigenvalue weighted by Gasteiger charge is 2.50. The third-order valence-electron chi connectivity index (χ3n) is 6.94. The zero-order valence-corrected chi connectivity index (χ0v) is 15.9. The van der Waals surface area contributed by atoms with E-state index in [9.17, 15) is 5.11 Å². The van der Waals surface area contributed by atoms with Crippen LogP contribution in [0.1, 0.15) is 65.7 Å². The van der Waals surface area contributed by atoms with Crippen LogP contribution in [0.15, 0.2) is 22.7 Å². The zero-order valence-electron chi connectivity index (χ0n) is 14.3. The van der Waals surface area contributed by atoms with E-state index in [1.807, 2.05) is 13.0 Å². The molecule has 0 spiro atoms. The lowest BCUT2D eigenvalue weighted by Gasteiger charge is -2.44. The molecule has 124 valence electrons. The highest BCUT2D eigenvalue weighted by Crippen LogP contribution is 2.60. The maximum Gasteiger partial charge on any atom is 0.0805 e. The molecule has 0 radical (unpaired) electrons. The summed E-state index contributed by atoms with van der Waals surface area (Å²) >= 11 is 3.61. The van der Waals surface area contributed by atoms with Gasteiger partial charge in [-0.15, -0.1) is 0 Å². The highest BCUT2D eigenvalue weighted by atomic mass is 79.9. The second kappa shape index (κ2) is 6.09. The van der Waals surface area contributed by atoms with Crippen molar-refractivity contribution in [1.29, 1.82) is 0 Å². The summed E-state index contributed by atoms with van der Waals surface area (Å²) in [5.41, 5.74) is 1.60. The third-order valence-corrected chi connectivity index (χ3v) is 7.53. The molecule has 1 N–H and O–H groups in total. The average molecular weight is 367 g/mol. The van der Waals surface area contributed by atoms with E-state index in [0.717, 1.165) is 24.2 Å². The summed E-state index contributed by atoms with van der Waals surface area (Å²) in [6, 6.07) is 0. The van der Waals surface area contributed by atoms with Crippen LogP contribution in [0.3, 0.4) is 0 Å². The fraction of sp³-hybridized carbons (Fsp3) is 0.800. The van der Waals surface area contributed by atoms with Gasteiger partial charge in [-0.2, -0.15) is 0 Å². The first-order chi connectivity index (χ1) is 10.4. The number of hydrogen-bond acceptors (Lipinski definition) is 1. The molecule has 0 aromatic rings. The molecule has 3 rings (SSSR count). The van der Waals surface area contributed by atoms with Crippen molar-refractivity contribution >= 4 is 15.9 Å². The van der Waals surface area contributed by atoms with Crippen molar-refractivity contribution < 1.29 is 5.11 Å². The Bertz CT molecular complexity index is 478. The Labute approximate surface area is 144 Å². The molecule has 2 saturated carbocycles. The van der Waals surface area contributed by atoms with Gasteiger partial charge in [0.05, 0.1) is 5.60 Å². The number of fused-ring (bicyclic) bond motifs is 1. The maximum absolute atomic E-state index is 10.1.